The summed E-state index contributed by atoms with van der Waals surface area (Å²) < 4.78 is 11.9. The van der Waals surface area contributed by atoms with Crippen molar-refractivity contribution in [3.8, 4) is 5.75 Å². The molecular weight excluding hydrogens is 432 g/mol. The van der Waals surface area contributed by atoms with Crippen molar-refractivity contribution in [3.63, 3.8) is 0 Å². The second kappa shape index (κ2) is 7.65. The number of nitrogens with zero attached hydrogens (tertiary/aromatic N) is 3. The quantitative estimate of drug-likeness (QED) is 0.596. The SMILES string of the molecule is COC(=O)c1ccc(N2CN=c3s/c(=C4\C(=O)Nc5ccc(OC)cc54)c(=O)n3C2)cc1. The van der Waals surface area contributed by atoms with E-state index in [-0.39, 0.29) is 18.1 Å². The Hall–Kier alpha value is -3.92. The van der Waals surface area contributed by atoms with Crippen LogP contribution in [0, 0.1) is 0 Å². The normalized spacial score (nSPS) is 16.1. The van der Waals surface area contributed by atoms with E-state index in [1.807, 2.05) is 4.90 Å². The van der Waals surface area contributed by atoms with Crippen molar-refractivity contribution in [2.24, 2.45) is 4.99 Å². The lowest BCUT2D eigenvalue weighted by molar-refractivity contribution is -0.110. The summed E-state index contributed by atoms with van der Waals surface area (Å²) in [5, 5.41) is 2.81. The van der Waals surface area contributed by atoms with Crippen LogP contribution in [0.15, 0.2) is 52.3 Å². The predicted octanol–water partition coefficient (Wildman–Crippen LogP) is 0.911. The first-order chi connectivity index (χ1) is 15.5. The molecule has 0 spiro atoms. The lowest BCUT2D eigenvalue weighted by atomic mass is 10.1. The van der Waals surface area contributed by atoms with E-state index in [0.717, 1.165) is 5.69 Å². The third kappa shape index (κ3) is 3.16. The lowest BCUT2D eigenvalue weighted by Gasteiger charge is -2.25. The molecule has 162 valence electrons. The highest BCUT2D eigenvalue weighted by Gasteiger charge is 2.28. The van der Waals surface area contributed by atoms with E-state index in [9.17, 15) is 14.4 Å². The minimum absolute atomic E-state index is 0.273. The molecule has 10 heteroatoms. The second-order valence-electron chi connectivity index (χ2n) is 7.21. The highest BCUT2D eigenvalue weighted by Crippen LogP contribution is 2.33. The van der Waals surface area contributed by atoms with Crippen LogP contribution in [0.1, 0.15) is 15.9 Å². The van der Waals surface area contributed by atoms with E-state index in [1.54, 1.807) is 54.1 Å². The Bertz CT molecular complexity index is 1440. The Labute approximate surface area is 185 Å². The van der Waals surface area contributed by atoms with E-state index >= 15 is 0 Å². The average molecular weight is 450 g/mol. The van der Waals surface area contributed by atoms with Gasteiger partial charge in [-0.05, 0) is 42.5 Å². The maximum atomic E-state index is 13.3. The van der Waals surface area contributed by atoms with E-state index in [2.05, 4.69) is 10.3 Å². The highest BCUT2D eigenvalue weighted by molar-refractivity contribution is 7.07. The Kier molecular flexibility index (Phi) is 4.78. The summed E-state index contributed by atoms with van der Waals surface area (Å²) in [7, 11) is 2.88. The number of rotatable bonds is 3. The number of anilines is 2. The van der Waals surface area contributed by atoms with Gasteiger partial charge in [0.2, 0.25) is 0 Å². The Balaban J connectivity index is 1.55. The molecule has 1 aromatic heterocycles. The van der Waals surface area contributed by atoms with E-state index in [0.29, 0.717) is 44.1 Å². The van der Waals surface area contributed by atoms with Crippen molar-refractivity contribution < 1.29 is 19.1 Å². The second-order valence-corrected chi connectivity index (χ2v) is 8.18. The molecule has 0 aliphatic carbocycles. The number of esters is 1. The van der Waals surface area contributed by atoms with Gasteiger partial charge in [0, 0.05) is 16.9 Å². The standard InChI is InChI=1S/C22H18N4O5S/c1-30-14-7-8-16-15(9-14)17(19(27)24-16)18-20(28)26-11-25(10-23-22(26)32-18)13-5-3-12(4-6-13)21(29)31-2/h3-9H,10-11H2,1-2H3,(H,24,27)/b18-17-. The van der Waals surface area contributed by atoms with Gasteiger partial charge in [0.1, 0.15) is 23.6 Å². The number of fused-ring (bicyclic) bond motifs is 2. The molecule has 0 bridgehead atoms. The molecular formula is C22H18N4O5S. The third-order valence-electron chi connectivity index (χ3n) is 5.40. The van der Waals surface area contributed by atoms with Gasteiger partial charge in [-0.25, -0.2) is 9.79 Å². The molecule has 32 heavy (non-hydrogen) atoms. The molecule has 2 aromatic carbocycles. The van der Waals surface area contributed by atoms with E-state index < -0.39 is 5.97 Å². The van der Waals surface area contributed by atoms with Crippen LogP contribution in [-0.4, -0.2) is 37.3 Å². The number of benzene rings is 2. The van der Waals surface area contributed by atoms with Crippen molar-refractivity contribution in [3.05, 3.63) is 73.3 Å². The molecule has 2 aliphatic heterocycles. The molecule has 3 aromatic rings. The molecule has 1 amide bonds. The molecule has 5 rings (SSSR count). The molecule has 9 nitrogen and oxygen atoms in total. The fraction of sp³-hybridized carbons (Fsp3) is 0.182. The molecule has 0 saturated carbocycles. The number of aromatic nitrogens is 1. The zero-order valence-corrected chi connectivity index (χ0v) is 18.1. The maximum absolute atomic E-state index is 13.3. The molecule has 1 N–H and O–H groups in total. The van der Waals surface area contributed by atoms with Gasteiger partial charge in [-0.2, -0.15) is 0 Å². The first-order valence-corrected chi connectivity index (χ1v) is 10.5. The van der Waals surface area contributed by atoms with E-state index in [1.165, 1.54) is 18.4 Å². The van der Waals surface area contributed by atoms with Crippen molar-refractivity contribution in [2.75, 3.05) is 31.1 Å². The number of nitrogens with one attached hydrogen (secondary N) is 1. The minimum atomic E-state index is -0.412. The van der Waals surface area contributed by atoms with Crippen LogP contribution in [0.3, 0.4) is 0 Å². The summed E-state index contributed by atoms with van der Waals surface area (Å²) in [5.41, 5.74) is 2.60. The van der Waals surface area contributed by atoms with Gasteiger partial charge < -0.3 is 19.7 Å². The van der Waals surface area contributed by atoms with Crippen LogP contribution in [0.4, 0.5) is 11.4 Å². The van der Waals surface area contributed by atoms with Gasteiger partial charge in [0.15, 0.2) is 4.80 Å². The highest BCUT2D eigenvalue weighted by atomic mass is 32.1. The molecule has 0 atom stereocenters. The number of hydrogen-bond donors (Lipinski definition) is 1. The number of carbonyl (C=O) groups is 2. The zero-order chi connectivity index (χ0) is 22.4. The maximum Gasteiger partial charge on any atom is 0.337 e. The van der Waals surface area contributed by atoms with Crippen LogP contribution < -0.4 is 29.8 Å². The Morgan fingerprint density at radius 3 is 2.62 bits per heavy atom. The minimum Gasteiger partial charge on any atom is -0.497 e. The summed E-state index contributed by atoms with van der Waals surface area (Å²) in [6.07, 6.45) is 0. The topological polar surface area (TPSA) is 102 Å². The Morgan fingerprint density at radius 2 is 1.91 bits per heavy atom. The molecule has 0 unspecified atom stereocenters. The number of hydrogen-bond acceptors (Lipinski definition) is 8. The Morgan fingerprint density at radius 1 is 1.12 bits per heavy atom. The fourth-order valence-corrected chi connectivity index (χ4v) is 4.81. The largest absolute Gasteiger partial charge is 0.497 e. The van der Waals surface area contributed by atoms with Gasteiger partial charge >= 0.3 is 5.97 Å². The molecule has 0 fully saturated rings. The first-order valence-electron chi connectivity index (χ1n) is 9.71. The number of amides is 1. The van der Waals surface area contributed by atoms with Gasteiger partial charge in [-0.15, -0.1) is 0 Å². The number of thiazole rings is 1. The van der Waals surface area contributed by atoms with Crippen LogP contribution in [0.2, 0.25) is 0 Å². The summed E-state index contributed by atoms with van der Waals surface area (Å²) in [6, 6.07) is 12.2. The smallest absolute Gasteiger partial charge is 0.337 e. The third-order valence-corrected chi connectivity index (χ3v) is 6.52. The van der Waals surface area contributed by atoms with Crippen LogP contribution in [-0.2, 0) is 16.2 Å². The summed E-state index contributed by atoms with van der Waals surface area (Å²) in [5.74, 6) is -0.130. The molecule has 0 radical (unpaired) electrons. The average Bonchev–Trinajstić information content (AvgIpc) is 3.32. The first kappa shape index (κ1) is 20.0. The number of ether oxygens (including phenoxy) is 2. The summed E-state index contributed by atoms with van der Waals surface area (Å²) in [6.45, 7) is 0.633. The molecule has 0 saturated heterocycles. The van der Waals surface area contributed by atoms with Crippen molar-refractivity contribution in [2.45, 2.75) is 6.67 Å². The van der Waals surface area contributed by atoms with E-state index in [4.69, 9.17) is 9.47 Å². The molecule has 2 aliphatic rings. The number of carbonyl (C=O) groups excluding carboxylic acids is 2. The van der Waals surface area contributed by atoms with Gasteiger partial charge in [-0.1, -0.05) is 11.3 Å². The van der Waals surface area contributed by atoms with Gasteiger partial charge in [0.05, 0.1) is 25.4 Å². The van der Waals surface area contributed by atoms with Crippen molar-refractivity contribution in [1.29, 1.82) is 0 Å². The van der Waals surface area contributed by atoms with Gasteiger partial charge in [-0.3, -0.25) is 14.2 Å². The lowest BCUT2D eigenvalue weighted by Crippen LogP contribution is -2.43. The monoisotopic (exact) mass is 450 g/mol. The molecule has 3 heterocycles. The summed E-state index contributed by atoms with van der Waals surface area (Å²) >= 11 is 1.20. The van der Waals surface area contributed by atoms with Crippen molar-refractivity contribution in [1.82, 2.24) is 4.57 Å². The predicted molar refractivity (Wildman–Crippen MR) is 119 cm³/mol. The van der Waals surface area contributed by atoms with Crippen LogP contribution in [0.5, 0.6) is 5.75 Å². The van der Waals surface area contributed by atoms with Crippen LogP contribution in [0.25, 0.3) is 5.57 Å². The number of methoxy groups -OCH3 is 2. The van der Waals surface area contributed by atoms with Crippen molar-refractivity contribution >= 4 is 40.2 Å². The fourth-order valence-electron chi connectivity index (χ4n) is 3.75. The van der Waals surface area contributed by atoms with Crippen LogP contribution >= 0.6 is 11.3 Å². The zero-order valence-electron chi connectivity index (χ0n) is 17.2. The summed E-state index contributed by atoms with van der Waals surface area (Å²) in [4.78, 5) is 44.6. The van der Waals surface area contributed by atoms with Gasteiger partial charge in [0.25, 0.3) is 11.5 Å².